The van der Waals surface area contributed by atoms with Crippen molar-refractivity contribution in [2.75, 3.05) is 13.7 Å². The first-order valence-corrected chi connectivity index (χ1v) is 10.4. The van der Waals surface area contributed by atoms with Crippen LogP contribution in [0.3, 0.4) is 0 Å². The number of carboxylic acid groups (broad SMARTS) is 1. The van der Waals surface area contributed by atoms with Crippen LogP contribution in [0.15, 0.2) is 30.5 Å². The largest absolute Gasteiger partial charge is 0.477 e. The first kappa shape index (κ1) is 23.7. The van der Waals surface area contributed by atoms with Crippen molar-refractivity contribution in [2.24, 2.45) is 0 Å². The Morgan fingerprint density at radius 3 is 2.56 bits per heavy atom. The fourth-order valence-corrected chi connectivity index (χ4v) is 4.52. The predicted octanol–water partition coefficient (Wildman–Crippen LogP) is 5.28. The molecule has 2 aromatic heterocycles. The van der Waals surface area contributed by atoms with Crippen molar-refractivity contribution in [3.05, 3.63) is 58.9 Å². The molecule has 0 bridgehead atoms. The Labute approximate surface area is 192 Å². The molecule has 0 amide bonds. The molecule has 4 aromatic rings. The van der Waals surface area contributed by atoms with E-state index >= 15 is 4.39 Å². The zero-order chi connectivity index (χ0) is 25.0. The molecule has 0 saturated heterocycles. The normalized spacial score (nSPS) is 12.7. The first-order chi connectivity index (χ1) is 15.9. The molecule has 0 unspecified atom stereocenters. The number of aromatic nitrogens is 3. The summed E-state index contributed by atoms with van der Waals surface area (Å²) in [4.78, 5) is 11.3. The number of ether oxygens (including phenoxy) is 1. The predicted molar refractivity (Wildman–Crippen MR) is 119 cm³/mol. The average Bonchev–Trinajstić information content (AvgIpc) is 3.33. The highest BCUT2D eigenvalue weighted by Crippen LogP contribution is 2.42. The zero-order valence-corrected chi connectivity index (χ0v) is 19.0. The van der Waals surface area contributed by atoms with Crippen LogP contribution in [-0.4, -0.2) is 45.5 Å². The SMILES string of the molecule is COCC(C)(C)c1c(CC(F)(F)C(=O)O)c2c(F)c3[nH]ncc3cc2n1-c1ccc(F)c(C)c1. The van der Waals surface area contributed by atoms with Gasteiger partial charge in [-0.3, -0.25) is 5.10 Å². The summed E-state index contributed by atoms with van der Waals surface area (Å²) in [6, 6.07) is 5.81. The molecule has 6 nitrogen and oxygen atoms in total. The monoisotopic (exact) mass is 477 g/mol. The third-order valence-corrected chi connectivity index (χ3v) is 5.97. The van der Waals surface area contributed by atoms with E-state index in [4.69, 9.17) is 9.84 Å². The van der Waals surface area contributed by atoms with Crippen molar-refractivity contribution < 1.29 is 32.2 Å². The zero-order valence-electron chi connectivity index (χ0n) is 19.0. The number of halogens is 4. The lowest BCUT2D eigenvalue weighted by atomic mass is 9.85. The molecule has 0 radical (unpaired) electrons. The number of nitrogens with one attached hydrogen (secondary N) is 1. The third kappa shape index (κ3) is 3.71. The summed E-state index contributed by atoms with van der Waals surface area (Å²) in [6.07, 6.45) is 0.154. The van der Waals surface area contributed by atoms with Crippen LogP contribution in [0.1, 0.15) is 30.7 Å². The average molecular weight is 477 g/mol. The molecular formula is C24H23F4N3O3. The molecule has 0 aliphatic carbocycles. The van der Waals surface area contributed by atoms with Crippen LogP contribution in [-0.2, 0) is 21.4 Å². The van der Waals surface area contributed by atoms with Crippen molar-refractivity contribution in [3.8, 4) is 5.69 Å². The number of aliphatic carboxylic acids is 1. The lowest BCUT2D eigenvalue weighted by molar-refractivity contribution is -0.164. The number of carbonyl (C=O) groups is 1. The van der Waals surface area contributed by atoms with E-state index in [9.17, 15) is 18.0 Å². The van der Waals surface area contributed by atoms with Gasteiger partial charge in [-0.05, 0) is 42.3 Å². The van der Waals surface area contributed by atoms with Crippen LogP contribution < -0.4 is 0 Å². The second-order valence-corrected chi connectivity index (χ2v) is 9.02. The van der Waals surface area contributed by atoms with E-state index in [-0.39, 0.29) is 34.3 Å². The minimum Gasteiger partial charge on any atom is -0.477 e. The van der Waals surface area contributed by atoms with Crippen LogP contribution in [0.2, 0.25) is 0 Å². The van der Waals surface area contributed by atoms with Gasteiger partial charge < -0.3 is 14.4 Å². The maximum Gasteiger partial charge on any atom is 0.374 e. The number of aromatic amines is 1. The number of hydrogen-bond acceptors (Lipinski definition) is 3. The quantitative estimate of drug-likeness (QED) is 0.355. The summed E-state index contributed by atoms with van der Waals surface area (Å²) < 4.78 is 66.0. The summed E-state index contributed by atoms with van der Waals surface area (Å²) in [5.41, 5.74) is 0.0746. The number of H-pyrrole nitrogens is 1. The van der Waals surface area contributed by atoms with Crippen LogP contribution in [0.5, 0.6) is 0 Å². The summed E-state index contributed by atoms with van der Waals surface area (Å²) in [5.74, 6) is -7.76. The summed E-state index contributed by atoms with van der Waals surface area (Å²) in [7, 11) is 1.44. The van der Waals surface area contributed by atoms with Crippen LogP contribution >= 0.6 is 0 Å². The van der Waals surface area contributed by atoms with E-state index in [1.807, 2.05) is 0 Å². The Bertz CT molecular complexity index is 1420. The topological polar surface area (TPSA) is 80.1 Å². The molecule has 10 heteroatoms. The fourth-order valence-electron chi connectivity index (χ4n) is 4.52. The maximum atomic E-state index is 15.8. The van der Waals surface area contributed by atoms with E-state index in [1.54, 1.807) is 31.4 Å². The van der Waals surface area contributed by atoms with Gasteiger partial charge in [0.05, 0.1) is 24.7 Å². The Balaban J connectivity index is 2.22. The van der Waals surface area contributed by atoms with Crippen LogP contribution in [0, 0.1) is 18.6 Å². The van der Waals surface area contributed by atoms with Gasteiger partial charge in [0.25, 0.3) is 0 Å². The molecule has 2 aromatic carbocycles. The molecule has 34 heavy (non-hydrogen) atoms. The van der Waals surface area contributed by atoms with Gasteiger partial charge in [-0.2, -0.15) is 13.9 Å². The number of hydrogen-bond donors (Lipinski definition) is 2. The van der Waals surface area contributed by atoms with Crippen molar-refractivity contribution in [1.29, 1.82) is 0 Å². The molecule has 2 heterocycles. The second-order valence-electron chi connectivity index (χ2n) is 9.02. The number of benzene rings is 2. The van der Waals surface area contributed by atoms with Gasteiger partial charge in [-0.25, -0.2) is 13.6 Å². The third-order valence-electron chi connectivity index (χ3n) is 5.97. The summed E-state index contributed by atoms with van der Waals surface area (Å²) in [5, 5.41) is 15.8. The summed E-state index contributed by atoms with van der Waals surface area (Å²) in [6.45, 7) is 5.08. The summed E-state index contributed by atoms with van der Waals surface area (Å²) >= 11 is 0. The highest BCUT2D eigenvalue weighted by atomic mass is 19.3. The van der Waals surface area contributed by atoms with Gasteiger partial charge in [-0.15, -0.1) is 0 Å². The molecule has 0 fully saturated rings. The number of alkyl halides is 2. The van der Waals surface area contributed by atoms with E-state index in [0.717, 1.165) is 0 Å². The number of fused-ring (bicyclic) bond motifs is 2. The van der Waals surface area contributed by atoms with Crippen molar-refractivity contribution in [1.82, 2.24) is 14.8 Å². The highest BCUT2D eigenvalue weighted by Gasteiger charge is 2.43. The van der Waals surface area contributed by atoms with Gasteiger partial charge in [-0.1, -0.05) is 13.8 Å². The van der Waals surface area contributed by atoms with Crippen LogP contribution in [0.4, 0.5) is 17.6 Å². The maximum absolute atomic E-state index is 15.8. The molecule has 0 saturated carbocycles. The standard InChI is InChI=1S/C24H23F4N3O3/c1-12-7-14(5-6-16(12)25)31-17-8-13-10-29-30-20(13)19(26)18(17)15(9-24(27,28)22(32)33)21(31)23(2,3)11-34-4/h5-8,10H,9,11H2,1-4H3,(H,29,30)(H,32,33). The van der Waals surface area contributed by atoms with Gasteiger partial charge in [0.2, 0.25) is 0 Å². The number of nitrogens with zero attached hydrogens (tertiary/aromatic N) is 2. The second kappa shape index (κ2) is 8.12. The lowest BCUT2D eigenvalue weighted by Gasteiger charge is -2.29. The number of carboxylic acids is 1. The highest BCUT2D eigenvalue weighted by molar-refractivity contribution is 6.00. The molecule has 4 rings (SSSR count). The van der Waals surface area contributed by atoms with Gasteiger partial charge in [0, 0.05) is 34.7 Å². The minimum atomic E-state index is -4.16. The molecule has 2 N–H and O–H groups in total. The van der Waals surface area contributed by atoms with E-state index < -0.39 is 35.4 Å². The molecule has 0 aliphatic heterocycles. The van der Waals surface area contributed by atoms with Gasteiger partial charge in [0.15, 0.2) is 5.82 Å². The van der Waals surface area contributed by atoms with E-state index in [1.165, 1.54) is 31.5 Å². The van der Waals surface area contributed by atoms with Crippen molar-refractivity contribution in [3.63, 3.8) is 0 Å². The molecule has 0 aliphatic rings. The number of aryl methyl sites for hydroxylation is 1. The fraction of sp³-hybridized carbons (Fsp3) is 0.333. The molecule has 0 atom stereocenters. The van der Waals surface area contributed by atoms with E-state index in [2.05, 4.69) is 10.2 Å². The Morgan fingerprint density at radius 2 is 1.94 bits per heavy atom. The van der Waals surface area contributed by atoms with Crippen LogP contribution in [0.25, 0.3) is 27.5 Å². The van der Waals surface area contributed by atoms with E-state index in [0.29, 0.717) is 16.6 Å². The van der Waals surface area contributed by atoms with Gasteiger partial charge in [0.1, 0.15) is 11.3 Å². The Hall–Kier alpha value is -3.40. The van der Waals surface area contributed by atoms with Gasteiger partial charge >= 0.3 is 11.9 Å². The first-order valence-electron chi connectivity index (χ1n) is 10.4. The Kier molecular flexibility index (Phi) is 5.67. The lowest BCUT2D eigenvalue weighted by Crippen LogP contribution is -2.34. The van der Waals surface area contributed by atoms with Crippen molar-refractivity contribution in [2.45, 2.75) is 38.5 Å². The molecule has 180 valence electrons. The number of rotatable bonds is 7. The number of methoxy groups -OCH3 is 1. The minimum absolute atomic E-state index is 0.0101. The van der Waals surface area contributed by atoms with Crippen molar-refractivity contribution >= 4 is 27.8 Å². The smallest absolute Gasteiger partial charge is 0.374 e. The molecule has 0 spiro atoms. The molecular weight excluding hydrogens is 454 g/mol. The Morgan fingerprint density at radius 1 is 1.24 bits per heavy atom.